The van der Waals surface area contributed by atoms with Crippen LogP contribution in [0.15, 0.2) is 30.3 Å². The summed E-state index contributed by atoms with van der Waals surface area (Å²) in [5.41, 5.74) is 1.90. The Labute approximate surface area is 162 Å². The first-order valence-corrected chi connectivity index (χ1v) is 9.09. The number of benzene rings is 1. The molecule has 1 aromatic carbocycles. The number of anilines is 2. The van der Waals surface area contributed by atoms with Crippen LogP contribution in [0.2, 0.25) is 5.15 Å². The SMILES string of the molecule is COC(=O)c1ccc(C)c(NC(=O)C2CCCN(c3ccc(Cl)nn3)C2)c1. The van der Waals surface area contributed by atoms with Crippen molar-refractivity contribution in [1.29, 1.82) is 0 Å². The number of methoxy groups -OCH3 is 1. The van der Waals surface area contributed by atoms with Crippen LogP contribution in [0.4, 0.5) is 11.5 Å². The lowest BCUT2D eigenvalue weighted by Gasteiger charge is -2.32. The first kappa shape index (κ1) is 19.1. The van der Waals surface area contributed by atoms with Gasteiger partial charge in [-0.15, -0.1) is 10.2 Å². The molecule has 27 heavy (non-hydrogen) atoms. The molecule has 7 nitrogen and oxygen atoms in total. The molecule has 1 saturated heterocycles. The van der Waals surface area contributed by atoms with Crippen molar-refractivity contribution in [3.63, 3.8) is 0 Å². The number of esters is 1. The Hall–Kier alpha value is -2.67. The molecule has 0 bridgehead atoms. The second-order valence-corrected chi connectivity index (χ2v) is 6.90. The summed E-state index contributed by atoms with van der Waals surface area (Å²) in [5.74, 6) is 0.0144. The Morgan fingerprint density at radius 2 is 2.07 bits per heavy atom. The third kappa shape index (κ3) is 4.54. The van der Waals surface area contributed by atoms with Gasteiger partial charge < -0.3 is 15.0 Å². The van der Waals surface area contributed by atoms with Crippen LogP contribution in [0, 0.1) is 12.8 Å². The molecule has 8 heteroatoms. The van der Waals surface area contributed by atoms with Gasteiger partial charge >= 0.3 is 5.97 Å². The number of hydrogen-bond acceptors (Lipinski definition) is 6. The first-order valence-electron chi connectivity index (χ1n) is 8.72. The van der Waals surface area contributed by atoms with Crippen LogP contribution in [0.1, 0.15) is 28.8 Å². The molecule has 0 aliphatic carbocycles. The summed E-state index contributed by atoms with van der Waals surface area (Å²) < 4.78 is 4.74. The molecule has 0 radical (unpaired) electrons. The van der Waals surface area contributed by atoms with Crippen molar-refractivity contribution < 1.29 is 14.3 Å². The summed E-state index contributed by atoms with van der Waals surface area (Å²) in [4.78, 5) is 26.6. The minimum absolute atomic E-state index is 0.0771. The molecular formula is C19H21ClN4O3. The monoisotopic (exact) mass is 388 g/mol. The lowest BCUT2D eigenvalue weighted by Crippen LogP contribution is -2.41. The third-order valence-electron chi connectivity index (χ3n) is 4.65. The van der Waals surface area contributed by atoms with E-state index in [1.54, 1.807) is 30.3 Å². The highest BCUT2D eigenvalue weighted by Gasteiger charge is 2.27. The lowest BCUT2D eigenvalue weighted by molar-refractivity contribution is -0.120. The molecule has 1 aliphatic heterocycles. The van der Waals surface area contributed by atoms with E-state index in [1.807, 2.05) is 11.8 Å². The number of aromatic nitrogens is 2. The van der Waals surface area contributed by atoms with Gasteiger partial charge in [0, 0.05) is 18.8 Å². The lowest BCUT2D eigenvalue weighted by atomic mass is 9.96. The average molecular weight is 389 g/mol. The maximum absolute atomic E-state index is 12.8. The topological polar surface area (TPSA) is 84.4 Å². The second-order valence-electron chi connectivity index (χ2n) is 6.51. The molecule has 1 atom stereocenters. The highest BCUT2D eigenvalue weighted by molar-refractivity contribution is 6.29. The molecule has 142 valence electrons. The molecule has 0 saturated carbocycles. The molecule has 3 rings (SSSR count). The average Bonchev–Trinajstić information content (AvgIpc) is 2.69. The van der Waals surface area contributed by atoms with Gasteiger partial charge in [-0.05, 0) is 49.6 Å². The summed E-state index contributed by atoms with van der Waals surface area (Å²) >= 11 is 5.79. The minimum atomic E-state index is -0.435. The molecule has 0 spiro atoms. The van der Waals surface area contributed by atoms with Crippen LogP contribution in [-0.2, 0) is 9.53 Å². The third-order valence-corrected chi connectivity index (χ3v) is 4.85. The largest absolute Gasteiger partial charge is 0.465 e. The van der Waals surface area contributed by atoms with Gasteiger partial charge in [0.05, 0.1) is 18.6 Å². The number of rotatable bonds is 4. The van der Waals surface area contributed by atoms with E-state index >= 15 is 0 Å². The molecule has 2 aromatic rings. The van der Waals surface area contributed by atoms with Crippen molar-refractivity contribution in [2.75, 3.05) is 30.4 Å². The van der Waals surface area contributed by atoms with E-state index in [2.05, 4.69) is 15.5 Å². The van der Waals surface area contributed by atoms with Crippen LogP contribution in [0.3, 0.4) is 0 Å². The quantitative estimate of drug-likeness (QED) is 0.810. The molecule has 1 N–H and O–H groups in total. The maximum Gasteiger partial charge on any atom is 0.337 e. The molecule has 1 aliphatic rings. The molecule has 1 unspecified atom stereocenters. The highest BCUT2D eigenvalue weighted by Crippen LogP contribution is 2.24. The number of hydrogen-bond donors (Lipinski definition) is 1. The maximum atomic E-state index is 12.8. The van der Waals surface area contributed by atoms with E-state index in [1.165, 1.54) is 7.11 Å². The van der Waals surface area contributed by atoms with E-state index in [9.17, 15) is 9.59 Å². The van der Waals surface area contributed by atoms with E-state index in [0.717, 1.165) is 24.9 Å². The molecular weight excluding hydrogens is 368 g/mol. The Morgan fingerprint density at radius 1 is 1.26 bits per heavy atom. The first-order chi connectivity index (χ1) is 13.0. The molecule has 1 amide bonds. The number of carbonyl (C=O) groups excluding carboxylic acids is 2. The van der Waals surface area contributed by atoms with Crippen molar-refractivity contribution in [3.05, 3.63) is 46.6 Å². The van der Waals surface area contributed by atoms with E-state index in [4.69, 9.17) is 16.3 Å². The number of nitrogens with zero attached hydrogens (tertiary/aromatic N) is 3. The summed E-state index contributed by atoms with van der Waals surface area (Å²) in [6.45, 7) is 3.25. The van der Waals surface area contributed by atoms with Crippen LogP contribution in [0.25, 0.3) is 0 Å². The zero-order valence-electron chi connectivity index (χ0n) is 15.2. The predicted molar refractivity (Wildman–Crippen MR) is 103 cm³/mol. The molecule has 1 aromatic heterocycles. The van der Waals surface area contributed by atoms with Gasteiger partial charge in [0.1, 0.15) is 0 Å². The number of carbonyl (C=O) groups is 2. The van der Waals surface area contributed by atoms with Gasteiger partial charge in [0.2, 0.25) is 5.91 Å². The fourth-order valence-corrected chi connectivity index (χ4v) is 3.21. The summed E-state index contributed by atoms with van der Waals surface area (Å²) in [5, 5.41) is 11.3. The number of halogens is 1. The van der Waals surface area contributed by atoms with Crippen molar-refractivity contribution >= 4 is 35.0 Å². The van der Waals surface area contributed by atoms with Gasteiger partial charge in [0.25, 0.3) is 0 Å². The van der Waals surface area contributed by atoms with Gasteiger partial charge in [-0.25, -0.2) is 4.79 Å². The fourth-order valence-electron chi connectivity index (χ4n) is 3.11. The van der Waals surface area contributed by atoms with Gasteiger partial charge in [-0.1, -0.05) is 17.7 Å². The molecule has 2 heterocycles. The normalized spacial score (nSPS) is 16.7. The molecule has 1 fully saturated rings. The van der Waals surface area contributed by atoms with Crippen LogP contribution in [0.5, 0.6) is 0 Å². The fraction of sp³-hybridized carbons (Fsp3) is 0.368. The number of aryl methyl sites for hydroxylation is 1. The summed E-state index contributed by atoms with van der Waals surface area (Å²) in [7, 11) is 1.33. The van der Waals surface area contributed by atoms with E-state index in [-0.39, 0.29) is 11.8 Å². The zero-order chi connectivity index (χ0) is 19.4. The zero-order valence-corrected chi connectivity index (χ0v) is 16.0. The predicted octanol–water partition coefficient (Wildman–Crippen LogP) is 3.08. The Morgan fingerprint density at radius 3 is 2.78 bits per heavy atom. The van der Waals surface area contributed by atoms with Crippen LogP contribution >= 0.6 is 11.6 Å². The van der Waals surface area contributed by atoms with Crippen LogP contribution < -0.4 is 10.2 Å². The number of amides is 1. The van der Waals surface area contributed by atoms with Crippen molar-refractivity contribution in [3.8, 4) is 0 Å². The number of nitrogens with one attached hydrogen (secondary N) is 1. The summed E-state index contributed by atoms with van der Waals surface area (Å²) in [6, 6.07) is 8.61. The minimum Gasteiger partial charge on any atom is -0.465 e. The van der Waals surface area contributed by atoms with Gasteiger partial charge in [0.15, 0.2) is 11.0 Å². The Kier molecular flexibility index (Phi) is 5.91. The van der Waals surface area contributed by atoms with Gasteiger partial charge in [-0.3, -0.25) is 4.79 Å². The van der Waals surface area contributed by atoms with E-state index in [0.29, 0.717) is 28.8 Å². The van der Waals surface area contributed by atoms with Crippen molar-refractivity contribution in [2.45, 2.75) is 19.8 Å². The van der Waals surface area contributed by atoms with Crippen LogP contribution in [-0.4, -0.2) is 42.3 Å². The smallest absolute Gasteiger partial charge is 0.337 e. The van der Waals surface area contributed by atoms with Crippen molar-refractivity contribution in [1.82, 2.24) is 10.2 Å². The number of piperidine rings is 1. The number of ether oxygens (including phenoxy) is 1. The second kappa shape index (κ2) is 8.35. The summed E-state index contributed by atoms with van der Waals surface area (Å²) in [6.07, 6.45) is 1.67. The Balaban J connectivity index is 1.70. The standard InChI is InChI=1S/C19H21ClN4O3/c1-12-5-6-13(19(26)27-2)10-15(12)21-18(25)14-4-3-9-24(11-14)17-8-7-16(20)22-23-17/h5-8,10,14H,3-4,9,11H2,1-2H3,(H,21,25). The van der Waals surface area contributed by atoms with E-state index < -0.39 is 5.97 Å². The highest BCUT2D eigenvalue weighted by atomic mass is 35.5. The Bertz CT molecular complexity index is 841. The van der Waals surface area contributed by atoms with Crippen molar-refractivity contribution in [2.24, 2.45) is 5.92 Å². The van der Waals surface area contributed by atoms with Gasteiger partial charge in [-0.2, -0.15) is 0 Å².